The van der Waals surface area contributed by atoms with Gasteiger partial charge in [-0.05, 0) is 58.1 Å². The van der Waals surface area contributed by atoms with Crippen LogP contribution in [0.5, 0.6) is 5.75 Å². The Bertz CT molecular complexity index is 684. The molecule has 4 nitrogen and oxygen atoms in total. The molecule has 1 heterocycles. The normalized spacial score (nSPS) is 12.1. The van der Waals surface area contributed by atoms with Gasteiger partial charge in [-0.1, -0.05) is 6.07 Å². The van der Waals surface area contributed by atoms with Crippen molar-refractivity contribution in [1.29, 1.82) is 0 Å². The number of hydrogen-bond donors (Lipinski definition) is 0. The fourth-order valence-electron chi connectivity index (χ4n) is 2.22. The maximum Gasteiger partial charge on any atom is 0.242 e. The van der Waals surface area contributed by atoms with Gasteiger partial charge in [0.1, 0.15) is 17.3 Å². The summed E-state index contributed by atoms with van der Waals surface area (Å²) in [4.78, 5) is 9.00. The average molecular weight is 315 g/mol. The Morgan fingerprint density at radius 3 is 2.55 bits per heavy atom. The first kappa shape index (κ1) is 16.5. The summed E-state index contributed by atoms with van der Waals surface area (Å²) in [6.45, 7) is 13.3. The number of hydrogen-bond acceptors (Lipinski definition) is 3. The zero-order valence-electron chi connectivity index (χ0n) is 14.3. The van der Waals surface area contributed by atoms with Crippen LogP contribution in [-0.4, -0.2) is 24.1 Å². The minimum absolute atomic E-state index is 0.715. The molecular weight excluding hydrogens is 290 g/mol. The summed E-state index contributed by atoms with van der Waals surface area (Å²) in [7, 11) is -1.65. The summed E-state index contributed by atoms with van der Waals surface area (Å²) >= 11 is 0. The van der Waals surface area contributed by atoms with Crippen LogP contribution in [0.3, 0.4) is 0 Å². The molecule has 2 rings (SSSR count). The van der Waals surface area contributed by atoms with Gasteiger partial charge in [0.15, 0.2) is 0 Å². The molecule has 0 amide bonds. The van der Waals surface area contributed by atoms with E-state index in [1.807, 2.05) is 32.3 Å². The van der Waals surface area contributed by atoms with Crippen molar-refractivity contribution in [1.82, 2.24) is 9.55 Å². The molecule has 0 fully saturated rings. The standard InChI is InChI=1S/C17H25N3OSi/c1-13-7-8-16(17(11-13)21-22(4,5)6)18-9-10-20-12-14(2)19-15(20)3/h7-9,11-12H,10H2,1-6H3. The average Bonchev–Trinajstić information content (AvgIpc) is 2.69. The summed E-state index contributed by atoms with van der Waals surface area (Å²) in [5.74, 6) is 1.89. The van der Waals surface area contributed by atoms with Crippen molar-refractivity contribution in [2.24, 2.45) is 4.99 Å². The molecule has 0 aliphatic carbocycles. The first-order chi connectivity index (χ1) is 10.2. The Morgan fingerprint density at radius 1 is 1.23 bits per heavy atom. The Labute approximate surface area is 134 Å². The monoisotopic (exact) mass is 315 g/mol. The third kappa shape index (κ3) is 4.56. The molecule has 1 aromatic carbocycles. The molecule has 5 heteroatoms. The van der Waals surface area contributed by atoms with Crippen molar-refractivity contribution >= 4 is 20.2 Å². The molecule has 0 aliphatic heterocycles. The third-order valence-corrected chi connectivity index (χ3v) is 3.97. The van der Waals surface area contributed by atoms with E-state index in [-0.39, 0.29) is 0 Å². The molecule has 0 spiro atoms. The van der Waals surface area contributed by atoms with E-state index in [9.17, 15) is 0 Å². The maximum absolute atomic E-state index is 6.15. The SMILES string of the molecule is Cc1ccc(N=CCn2cc(C)nc2C)c(O[Si](C)(C)C)c1. The van der Waals surface area contributed by atoms with E-state index in [1.165, 1.54) is 5.56 Å². The van der Waals surface area contributed by atoms with E-state index in [4.69, 9.17) is 4.43 Å². The first-order valence-corrected chi connectivity index (χ1v) is 11.0. The van der Waals surface area contributed by atoms with Crippen molar-refractivity contribution in [2.45, 2.75) is 47.0 Å². The van der Waals surface area contributed by atoms with Gasteiger partial charge in [0.25, 0.3) is 0 Å². The number of aryl methyl sites for hydroxylation is 3. The number of nitrogens with zero attached hydrogens (tertiary/aromatic N) is 3. The van der Waals surface area contributed by atoms with E-state index in [2.05, 4.69) is 53.2 Å². The molecule has 0 N–H and O–H groups in total. The third-order valence-electron chi connectivity index (χ3n) is 3.14. The number of aromatic nitrogens is 2. The Kier molecular flexibility index (Phi) is 4.86. The van der Waals surface area contributed by atoms with E-state index >= 15 is 0 Å². The lowest BCUT2D eigenvalue weighted by Gasteiger charge is -2.20. The van der Waals surface area contributed by atoms with Gasteiger partial charge in [0, 0.05) is 12.4 Å². The lowest BCUT2D eigenvalue weighted by Crippen LogP contribution is -2.29. The largest absolute Gasteiger partial charge is 0.543 e. The van der Waals surface area contributed by atoms with Crippen molar-refractivity contribution in [2.75, 3.05) is 0 Å². The smallest absolute Gasteiger partial charge is 0.242 e. The Morgan fingerprint density at radius 2 is 1.95 bits per heavy atom. The highest BCUT2D eigenvalue weighted by Gasteiger charge is 2.18. The van der Waals surface area contributed by atoms with Crippen LogP contribution >= 0.6 is 0 Å². The predicted molar refractivity (Wildman–Crippen MR) is 95.0 cm³/mol. The Hall–Kier alpha value is -1.88. The number of benzene rings is 1. The predicted octanol–water partition coefficient (Wildman–Crippen LogP) is 4.42. The summed E-state index contributed by atoms with van der Waals surface area (Å²) in [6, 6.07) is 6.15. The van der Waals surface area contributed by atoms with Crippen LogP contribution in [-0.2, 0) is 6.54 Å². The van der Waals surface area contributed by atoms with Crippen LogP contribution in [0.1, 0.15) is 17.1 Å². The van der Waals surface area contributed by atoms with Crippen LogP contribution < -0.4 is 4.43 Å². The number of rotatable bonds is 5. The van der Waals surface area contributed by atoms with Gasteiger partial charge in [-0.3, -0.25) is 4.99 Å². The number of aliphatic imine (C=N–C) groups is 1. The highest BCUT2D eigenvalue weighted by atomic mass is 28.4. The van der Waals surface area contributed by atoms with Crippen molar-refractivity contribution in [3.63, 3.8) is 0 Å². The number of imidazole rings is 1. The summed E-state index contributed by atoms with van der Waals surface area (Å²) in [5, 5.41) is 0. The highest BCUT2D eigenvalue weighted by molar-refractivity contribution is 6.70. The fraction of sp³-hybridized carbons (Fsp3) is 0.412. The molecule has 118 valence electrons. The van der Waals surface area contributed by atoms with Crippen LogP contribution in [0, 0.1) is 20.8 Å². The lowest BCUT2D eigenvalue weighted by atomic mass is 10.2. The summed E-state index contributed by atoms with van der Waals surface area (Å²) in [6.07, 6.45) is 3.95. The van der Waals surface area contributed by atoms with E-state index in [0.717, 1.165) is 23.0 Å². The van der Waals surface area contributed by atoms with Crippen molar-refractivity contribution < 1.29 is 4.43 Å². The molecular formula is C17H25N3OSi. The van der Waals surface area contributed by atoms with Crippen LogP contribution in [0.25, 0.3) is 0 Å². The minimum atomic E-state index is -1.65. The lowest BCUT2D eigenvalue weighted by molar-refractivity contribution is 0.558. The minimum Gasteiger partial charge on any atom is -0.543 e. The first-order valence-electron chi connectivity index (χ1n) is 7.57. The molecule has 0 bridgehead atoms. The van der Waals surface area contributed by atoms with Gasteiger partial charge in [-0.15, -0.1) is 0 Å². The second-order valence-corrected chi connectivity index (χ2v) is 11.0. The van der Waals surface area contributed by atoms with Gasteiger partial charge in [0.05, 0.1) is 12.2 Å². The quantitative estimate of drug-likeness (QED) is 0.605. The van der Waals surface area contributed by atoms with Crippen molar-refractivity contribution in [3.05, 3.63) is 41.5 Å². The molecule has 0 atom stereocenters. The molecule has 0 saturated carbocycles. The molecule has 0 unspecified atom stereocenters. The zero-order valence-corrected chi connectivity index (χ0v) is 15.3. The van der Waals surface area contributed by atoms with E-state index in [0.29, 0.717) is 6.54 Å². The molecule has 0 aliphatic rings. The summed E-state index contributed by atoms with van der Waals surface area (Å²) < 4.78 is 8.24. The van der Waals surface area contributed by atoms with E-state index in [1.54, 1.807) is 0 Å². The molecule has 0 saturated heterocycles. The van der Waals surface area contributed by atoms with Gasteiger partial charge in [0.2, 0.25) is 8.32 Å². The van der Waals surface area contributed by atoms with Gasteiger partial charge >= 0.3 is 0 Å². The molecule has 0 radical (unpaired) electrons. The van der Waals surface area contributed by atoms with Gasteiger partial charge in [-0.25, -0.2) is 4.98 Å². The van der Waals surface area contributed by atoms with Crippen LogP contribution in [0.2, 0.25) is 19.6 Å². The highest BCUT2D eigenvalue weighted by Crippen LogP contribution is 2.30. The van der Waals surface area contributed by atoms with Crippen LogP contribution in [0.15, 0.2) is 29.4 Å². The van der Waals surface area contributed by atoms with Gasteiger partial charge in [-0.2, -0.15) is 0 Å². The zero-order chi connectivity index (χ0) is 16.3. The van der Waals surface area contributed by atoms with Crippen LogP contribution in [0.4, 0.5) is 5.69 Å². The topological polar surface area (TPSA) is 39.4 Å². The Balaban J connectivity index is 2.18. The van der Waals surface area contributed by atoms with Gasteiger partial charge < -0.3 is 8.99 Å². The summed E-state index contributed by atoms with van der Waals surface area (Å²) in [5.41, 5.74) is 3.11. The molecule has 22 heavy (non-hydrogen) atoms. The second-order valence-electron chi connectivity index (χ2n) is 6.58. The maximum atomic E-state index is 6.15. The second kappa shape index (κ2) is 6.48. The van der Waals surface area contributed by atoms with Crippen molar-refractivity contribution in [3.8, 4) is 5.75 Å². The van der Waals surface area contributed by atoms with E-state index < -0.39 is 8.32 Å². The fourth-order valence-corrected chi connectivity index (χ4v) is 3.04. The molecule has 2 aromatic rings. The molecule has 1 aromatic heterocycles.